The number of rotatable bonds is 7. The van der Waals surface area contributed by atoms with E-state index in [0.717, 1.165) is 42.6 Å². The van der Waals surface area contributed by atoms with Gasteiger partial charge in [-0.1, -0.05) is 18.2 Å². The molecule has 0 unspecified atom stereocenters. The number of methoxy groups -OCH3 is 1. The molecule has 2 aromatic carbocycles. The van der Waals surface area contributed by atoms with Gasteiger partial charge in [-0.2, -0.15) is 0 Å². The molecule has 0 atom stereocenters. The highest BCUT2D eigenvalue weighted by atomic mass is 32.2. The molecule has 1 N–H and O–H groups in total. The molecule has 0 aromatic heterocycles. The summed E-state index contributed by atoms with van der Waals surface area (Å²) in [5, 5.41) is 9.91. The standard InChI is InChI=1S/C28H38N4O4S/c1-28(2,12-11-20-9-10-24(33)25(17-20)36-5)32-18-21-7-6-8-22(23(21)19-32)26(34)30-13-15-31(16-14-30)27(35)37-29(3)4/h6-10,17,33H,11-16,18-19H2,1-5H3. The number of amides is 2. The van der Waals surface area contributed by atoms with Crippen molar-refractivity contribution in [1.82, 2.24) is 19.0 Å². The second-order valence-electron chi connectivity index (χ2n) is 10.6. The van der Waals surface area contributed by atoms with Crippen LogP contribution in [0.25, 0.3) is 0 Å². The second-order valence-corrected chi connectivity index (χ2v) is 11.8. The van der Waals surface area contributed by atoms with Crippen LogP contribution in [0.3, 0.4) is 0 Å². The van der Waals surface area contributed by atoms with E-state index in [1.807, 2.05) is 48.2 Å². The van der Waals surface area contributed by atoms with Crippen LogP contribution in [-0.2, 0) is 19.5 Å². The topological polar surface area (TPSA) is 76.6 Å². The largest absolute Gasteiger partial charge is 0.504 e. The highest BCUT2D eigenvalue weighted by Gasteiger charge is 2.35. The van der Waals surface area contributed by atoms with Crippen molar-refractivity contribution in [2.75, 3.05) is 47.4 Å². The summed E-state index contributed by atoms with van der Waals surface area (Å²) >= 11 is 1.18. The molecule has 4 rings (SSSR count). The average molecular weight is 527 g/mol. The number of carbonyl (C=O) groups is 2. The fourth-order valence-electron chi connectivity index (χ4n) is 5.01. The van der Waals surface area contributed by atoms with Gasteiger partial charge in [-0.3, -0.25) is 14.5 Å². The van der Waals surface area contributed by atoms with Gasteiger partial charge in [-0.15, -0.1) is 0 Å². The molecular formula is C28H38N4O4S. The number of phenols is 1. The first-order valence-corrected chi connectivity index (χ1v) is 13.5. The first-order valence-electron chi connectivity index (χ1n) is 12.7. The molecule has 200 valence electrons. The van der Waals surface area contributed by atoms with Gasteiger partial charge in [0.1, 0.15) is 0 Å². The summed E-state index contributed by atoms with van der Waals surface area (Å²) in [7, 11) is 5.27. The summed E-state index contributed by atoms with van der Waals surface area (Å²) in [6, 6.07) is 11.6. The van der Waals surface area contributed by atoms with Crippen LogP contribution < -0.4 is 4.74 Å². The lowest BCUT2D eigenvalue weighted by Gasteiger charge is -2.36. The summed E-state index contributed by atoms with van der Waals surface area (Å²) in [4.78, 5) is 32.0. The molecule has 0 spiro atoms. The van der Waals surface area contributed by atoms with Gasteiger partial charge in [-0.25, -0.2) is 4.31 Å². The number of nitrogens with zero attached hydrogens (tertiary/aromatic N) is 4. The van der Waals surface area contributed by atoms with Gasteiger partial charge in [0.2, 0.25) is 0 Å². The fourth-order valence-corrected chi connectivity index (χ4v) is 5.62. The molecule has 2 aliphatic rings. The number of carbonyl (C=O) groups excluding carboxylic acids is 2. The van der Waals surface area contributed by atoms with Gasteiger partial charge in [0.25, 0.3) is 11.1 Å². The van der Waals surface area contributed by atoms with Crippen LogP contribution in [0, 0.1) is 0 Å². The Balaban J connectivity index is 1.39. The number of ether oxygens (including phenoxy) is 1. The zero-order valence-corrected chi connectivity index (χ0v) is 23.3. The van der Waals surface area contributed by atoms with Gasteiger partial charge in [0.15, 0.2) is 11.5 Å². The summed E-state index contributed by atoms with van der Waals surface area (Å²) in [5.41, 5.74) is 4.15. The van der Waals surface area contributed by atoms with Crippen molar-refractivity contribution in [1.29, 1.82) is 0 Å². The molecule has 0 saturated carbocycles. The number of benzene rings is 2. The first-order chi connectivity index (χ1) is 17.6. The SMILES string of the molecule is COc1cc(CCC(C)(C)N2Cc3cccc(C(=O)N4CCN(C(=O)SN(C)C)CC4)c3C2)ccc1O. The lowest BCUT2D eigenvalue weighted by atomic mass is 9.93. The van der Waals surface area contributed by atoms with Crippen molar-refractivity contribution in [3.05, 3.63) is 58.7 Å². The van der Waals surface area contributed by atoms with Crippen LogP contribution >= 0.6 is 11.9 Å². The smallest absolute Gasteiger partial charge is 0.296 e. The monoisotopic (exact) mass is 526 g/mol. The van der Waals surface area contributed by atoms with E-state index >= 15 is 0 Å². The first kappa shape index (κ1) is 27.3. The quantitative estimate of drug-likeness (QED) is 0.542. The molecule has 37 heavy (non-hydrogen) atoms. The van der Waals surface area contributed by atoms with E-state index in [4.69, 9.17) is 4.74 Å². The molecule has 2 aliphatic heterocycles. The molecule has 1 saturated heterocycles. The van der Waals surface area contributed by atoms with Gasteiger partial charge >= 0.3 is 0 Å². The van der Waals surface area contributed by atoms with Gasteiger partial charge in [-0.05, 0) is 75.7 Å². The Morgan fingerprint density at radius 2 is 1.76 bits per heavy atom. The molecule has 8 nitrogen and oxygen atoms in total. The maximum Gasteiger partial charge on any atom is 0.296 e. The van der Waals surface area contributed by atoms with Crippen LogP contribution in [0.5, 0.6) is 11.5 Å². The predicted molar refractivity (Wildman–Crippen MR) is 147 cm³/mol. The van der Waals surface area contributed by atoms with Crippen molar-refractivity contribution in [3.8, 4) is 11.5 Å². The Labute approximate surface area is 224 Å². The van der Waals surface area contributed by atoms with Crippen LogP contribution in [0.2, 0.25) is 0 Å². The van der Waals surface area contributed by atoms with Gasteiger partial charge in [0, 0.05) is 62.3 Å². The zero-order valence-electron chi connectivity index (χ0n) is 22.5. The normalized spacial score (nSPS) is 16.3. The van der Waals surface area contributed by atoms with Crippen molar-refractivity contribution < 1.29 is 19.4 Å². The van der Waals surface area contributed by atoms with E-state index in [2.05, 4.69) is 24.8 Å². The molecule has 1 fully saturated rings. The minimum atomic E-state index is -0.0828. The number of fused-ring (bicyclic) bond motifs is 1. The Hall–Kier alpha value is -2.75. The number of hydrogen-bond donors (Lipinski definition) is 1. The summed E-state index contributed by atoms with van der Waals surface area (Å²) < 4.78 is 7.05. The maximum atomic E-state index is 13.5. The highest BCUT2D eigenvalue weighted by Crippen LogP contribution is 2.35. The minimum absolute atomic E-state index is 0.0290. The summed E-state index contributed by atoms with van der Waals surface area (Å²) in [6.07, 6.45) is 1.79. The van der Waals surface area contributed by atoms with Crippen molar-refractivity contribution in [3.63, 3.8) is 0 Å². The Kier molecular flexibility index (Phi) is 8.36. The molecule has 2 aromatic rings. The lowest BCUT2D eigenvalue weighted by molar-refractivity contribution is 0.0673. The number of aryl methyl sites for hydroxylation is 1. The molecule has 2 heterocycles. The molecule has 9 heteroatoms. The second kappa shape index (κ2) is 11.3. The summed E-state index contributed by atoms with van der Waals surface area (Å²) in [5.74, 6) is 0.701. The van der Waals surface area contributed by atoms with E-state index in [0.29, 0.717) is 31.9 Å². The number of phenolic OH excluding ortho intramolecular Hbond substituents is 1. The number of hydrogen-bond acceptors (Lipinski definition) is 7. The molecule has 0 aliphatic carbocycles. The third-order valence-electron chi connectivity index (χ3n) is 7.43. The molecule has 2 amide bonds. The average Bonchev–Trinajstić information content (AvgIpc) is 3.33. The molecular weight excluding hydrogens is 488 g/mol. The minimum Gasteiger partial charge on any atom is -0.504 e. The predicted octanol–water partition coefficient (Wildman–Crippen LogP) is 4.22. The Morgan fingerprint density at radius 1 is 1.05 bits per heavy atom. The van der Waals surface area contributed by atoms with Crippen LogP contribution in [0.4, 0.5) is 4.79 Å². The third-order valence-corrected chi connectivity index (χ3v) is 8.20. The lowest BCUT2D eigenvalue weighted by Crippen LogP contribution is -2.50. The number of aromatic hydroxyl groups is 1. The van der Waals surface area contributed by atoms with E-state index in [1.54, 1.807) is 17.5 Å². The van der Waals surface area contributed by atoms with E-state index in [9.17, 15) is 14.7 Å². The van der Waals surface area contributed by atoms with Crippen LogP contribution in [0.1, 0.15) is 47.3 Å². The van der Waals surface area contributed by atoms with Crippen molar-refractivity contribution in [2.24, 2.45) is 0 Å². The van der Waals surface area contributed by atoms with Crippen LogP contribution in [0.15, 0.2) is 36.4 Å². The van der Waals surface area contributed by atoms with Crippen molar-refractivity contribution in [2.45, 2.75) is 45.3 Å². The Bertz CT molecular complexity index is 1140. The number of piperazine rings is 1. The van der Waals surface area contributed by atoms with Gasteiger partial charge < -0.3 is 19.6 Å². The third kappa shape index (κ3) is 6.22. The maximum absolute atomic E-state index is 13.5. The van der Waals surface area contributed by atoms with E-state index in [-0.39, 0.29) is 22.4 Å². The zero-order chi connectivity index (χ0) is 26.7. The molecule has 0 bridgehead atoms. The summed E-state index contributed by atoms with van der Waals surface area (Å²) in [6.45, 7) is 8.26. The highest BCUT2D eigenvalue weighted by molar-refractivity contribution is 8.11. The van der Waals surface area contributed by atoms with E-state index < -0.39 is 0 Å². The van der Waals surface area contributed by atoms with Crippen LogP contribution in [-0.4, -0.2) is 88.2 Å². The molecule has 0 radical (unpaired) electrons. The Morgan fingerprint density at radius 3 is 2.43 bits per heavy atom. The fraction of sp³-hybridized carbons (Fsp3) is 0.500. The van der Waals surface area contributed by atoms with E-state index in [1.165, 1.54) is 17.5 Å². The van der Waals surface area contributed by atoms with Gasteiger partial charge in [0.05, 0.1) is 7.11 Å². The van der Waals surface area contributed by atoms with Crippen molar-refractivity contribution >= 4 is 23.1 Å².